The zero-order valence-corrected chi connectivity index (χ0v) is 19.4. The van der Waals surface area contributed by atoms with Gasteiger partial charge in [0, 0.05) is 18.7 Å². The summed E-state index contributed by atoms with van der Waals surface area (Å²) in [5, 5.41) is 0. The first kappa shape index (κ1) is 23.5. The summed E-state index contributed by atoms with van der Waals surface area (Å²) in [6.07, 6.45) is 2.49. The Bertz CT molecular complexity index is 1060. The molecule has 0 spiro atoms. The molecular weight excluding hydrogens is 396 g/mol. The highest BCUT2D eigenvalue weighted by Crippen LogP contribution is 2.35. The van der Waals surface area contributed by atoms with E-state index in [1.807, 2.05) is 50.5 Å². The van der Waals surface area contributed by atoms with Crippen molar-refractivity contribution in [1.82, 2.24) is 9.80 Å². The lowest BCUT2D eigenvalue weighted by Crippen LogP contribution is -2.19. The molecule has 0 fully saturated rings. The number of hydrogen-bond donors (Lipinski definition) is 0. The van der Waals surface area contributed by atoms with Gasteiger partial charge in [-0.2, -0.15) is 0 Å². The molecule has 0 bridgehead atoms. The fourth-order valence-corrected chi connectivity index (χ4v) is 3.63. The molecule has 0 saturated heterocycles. The summed E-state index contributed by atoms with van der Waals surface area (Å²) in [4.78, 5) is 15.9. The van der Waals surface area contributed by atoms with Gasteiger partial charge in [-0.25, -0.2) is 0 Å². The van der Waals surface area contributed by atoms with Crippen LogP contribution >= 0.6 is 0 Å². The third kappa shape index (κ3) is 6.39. The van der Waals surface area contributed by atoms with Crippen molar-refractivity contribution >= 4 is 11.9 Å². The summed E-state index contributed by atoms with van der Waals surface area (Å²) in [7, 11) is 8.15. The molecule has 0 aliphatic carbocycles. The lowest BCUT2D eigenvalue weighted by Gasteiger charge is -2.18. The van der Waals surface area contributed by atoms with Gasteiger partial charge >= 0.3 is 0 Å². The molecule has 0 amide bonds. The number of carbonyl (C=O) groups excluding carboxylic acids is 1. The van der Waals surface area contributed by atoms with Gasteiger partial charge in [0.15, 0.2) is 0 Å². The minimum atomic E-state index is 0.569. The van der Waals surface area contributed by atoms with Crippen LogP contribution in [0.2, 0.25) is 0 Å². The van der Waals surface area contributed by atoms with Gasteiger partial charge in [-0.3, -0.25) is 4.79 Å². The van der Waals surface area contributed by atoms with E-state index < -0.39 is 0 Å². The van der Waals surface area contributed by atoms with Crippen LogP contribution in [0.5, 0.6) is 5.75 Å². The maximum atomic E-state index is 11.7. The Morgan fingerprint density at radius 2 is 1.62 bits per heavy atom. The van der Waals surface area contributed by atoms with E-state index in [0.29, 0.717) is 6.61 Å². The van der Waals surface area contributed by atoms with Crippen LogP contribution in [0.4, 0.5) is 0 Å². The largest absolute Gasteiger partial charge is 0.492 e. The summed E-state index contributed by atoms with van der Waals surface area (Å²) >= 11 is 0. The Labute approximate surface area is 191 Å². The van der Waals surface area contributed by atoms with Crippen LogP contribution in [-0.4, -0.2) is 57.4 Å². The second-order valence-corrected chi connectivity index (χ2v) is 8.38. The smallest absolute Gasteiger partial charge is 0.143 e. The molecule has 0 N–H and O–H groups in total. The van der Waals surface area contributed by atoms with Gasteiger partial charge in [0.1, 0.15) is 18.6 Å². The number of benzene rings is 3. The van der Waals surface area contributed by atoms with E-state index in [-0.39, 0.29) is 0 Å². The summed E-state index contributed by atoms with van der Waals surface area (Å²) < 4.78 is 6.18. The third-order valence-corrected chi connectivity index (χ3v) is 5.14. The van der Waals surface area contributed by atoms with E-state index in [4.69, 9.17) is 4.74 Å². The maximum absolute atomic E-state index is 11.7. The number of hydrogen-bond acceptors (Lipinski definition) is 4. The number of likely N-dealkylation sites (N-methyl/N-ethyl adjacent to an activating group) is 1. The molecule has 4 heteroatoms. The lowest BCUT2D eigenvalue weighted by atomic mass is 9.92. The Hall–Kier alpha value is -3.21. The number of ether oxygens (including phenoxy) is 1. The lowest BCUT2D eigenvalue weighted by molar-refractivity contribution is -0.104. The maximum Gasteiger partial charge on any atom is 0.143 e. The predicted octanol–water partition coefficient (Wildman–Crippen LogP) is 4.99. The highest BCUT2D eigenvalue weighted by molar-refractivity contribution is 5.92. The van der Waals surface area contributed by atoms with Crippen molar-refractivity contribution in [2.45, 2.75) is 6.54 Å². The van der Waals surface area contributed by atoms with Gasteiger partial charge in [0.05, 0.1) is 0 Å². The first-order chi connectivity index (χ1) is 15.5. The molecule has 0 aliphatic rings. The summed E-state index contributed by atoms with van der Waals surface area (Å²) in [6.45, 7) is 2.21. The van der Waals surface area contributed by atoms with E-state index in [2.05, 4.69) is 60.3 Å². The average Bonchev–Trinajstić information content (AvgIpc) is 2.78. The van der Waals surface area contributed by atoms with Crippen molar-refractivity contribution < 1.29 is 9.53 Å². The molecule has 0 atom stereocenters. The topological polar surface area (TPSA) is 32.8 Å². The van der Waals surface area contributed by atoms with E-state index in [9.17, 15) is 4.79 Å². The van der Waals surface area contributed by atoms with Crippen LogP contribution in [0.15, 0.2) is 78.9 Å². The minimum Gasteiger partial charge on any atom is -0.492 e. The molecule has 0 heterocycles. The van der Waals surface area contributed by atoms with Crippen LogP contribution in [0, 0.1) is 0 Å². The fourth-order valence-electron chi connectivity index (χ4n) is 3.63. The zero-order valence-electron chi connectivity index (χ0n) is 19.4. The SMILES string of the molecule is CN(C)CCOc1ccc(-c2ccccc2)cc1C(=CC=O)c1cccc(CN(C)C)c1. The van der Waals surface area contributed by atoms with E-state index >= 15 is 0 Å². The molecule has 0 unspecified atom stereocenters. The van der Waals surface area contributed by atoms with E-state index in [1.54, 1.807) is 6.08 Å². The van der Waals surface area contributed by atoms with Gasteiger partial charge in [0.25, 0.3) is 0 Å². The monoisotopic (exact) mass is 428 g/mol. The van der Waals surface area contributed by atoms with Crippen molar-refractivity contribution in [2.24, 2.45) is 0 Å². The Balaban J connectivity index is 2.09. The normalized spacial score (nSPS) is 11.8. The number of aldehydes is 1. The molecular formula is C28H32N2O2. The molecule has 0 aromatic heterocycles. The molecule has 166 valence electrons. The highest BCUT2D eigenvalue weighted by Gasteiger charge is 2.14. The molecule has 0 saturated carbocycles. The highest BCUT2D eigenvalue weighted by atomic mass is 16.5. The van der Waals surface area contributed by atoms with Crippen molar-refractivity contribution in [3.8, 4) is 16.9 Å². The summed E-state index contributed by atoms with van der Waals surface area (Å²) in [5.74, 6) is 0.776. The number of rotatable bonds is 10. The first-order valence-electron chi connectivity index (χ1n) is 10.8. The zero-order chi connectivity index (χ0) is 22.9. The molecule has 4 nitrogen and oxygen atoms in total. The van der Waals surface area contributed by atoms with Crippen LogP contribution < -0.4 is 4.74 Å². The summed E-state index contributed by atoms with van der Waals surface area (Å²) in [5.41, 5.74) is 6.18. The second kappa shape index (κ2) is 11.4. The van der Waals surface area contributed by atoms with Crippen LogP contribution in [-0.2, 0) is 11.3 Å². The Kier molecular flexibility index (Phi) is 8.37. The van der Waals surface area contributed by atoms with Gasteiger partial charge < -0.3 is 14.5 Å². The van der Waals surface area contributed by atoms with Crippen molar-refractivity contribution in [2.75, 3.05) is 41.3 Å². The van der Waals surface area contributed by atoms with E-state index in [1.165, 1.54) is 5.56 Å². The molecule has 3 aromatic rings. The van der Waals surface area contributed by atoms with Crippen LogP contribution in [0.3, 0.4) is 0 Å². The number of allylic oxidation sites excluding steroid dienone is 1. The fraction of sp³-hybridized carbons (Fsp3) is 0.250. The molecule has 32 heavy (non-hydrogen) atoms. The van der Waals surface area contributed by atoms with Crippen molar-refractivity contribution in [3.05, 3.63) is 95.6 Å². The third-order valence-electron chi connectivity index (χ3n) is 5.14. The molecule has 0 aliphatic heterocycles. The first-order valence-corrected chi connectivity index (χ1v) is 10.8. The van der Waals surface area contributed by atoms with Gasteiger partial charge in [0.2, 0.25) is 0 Å². The molecule has 3 rings (SSSR count). The number of carbonyl (C=O) groups is 1. The van der Waals surface area contributed by atoms with E-state index in [0.717, 1.165) is 53.0 Å². The second-order valence-electron chi connectivity index (χ2n) is 8.38. The molecule has 3 aromatic carbocycles. The molecule has 0 radical (unpaired) electrons. The van der Waals surface area contributed by atoms with Crippen molar-refractivity contribution in [1.29, 1.82) is 0 Å². The van der Waals surface area contributed by atoms with Crippen molar-refractivity contribution in [3.63, 3.8) is 0 Å². The van der Waals surface area contributed by atoms with Crippen LogP contribution in [0.1, 0.15) is 16.7 Å². The standard InChI is InChI=1S/C28H32N2O2/c1-29(2)16-18-32-28-14-13-24(23-10-6-5-7-11-23)20-27(28)26(15-17-31)25-12-8-9-22(19-25)21-30(3)4/h5-15,17,19-20H,16,18,21H2,1-4H3. The Morgan fingerprint density at radius 3 is 2.31 bits per heavy atom. The quantitative estimate of drug-likeness (QED) is 0.337. The van der Waals surface area contributed by atoms with Gasteiger partial charge in [-0.1, -0.05) is 54.6 Å². The van der Waals surface area contributed by atoms with Crippen LogP contribution in [0.25, 0.3) is 16.7 Å². The number of nitrogens with zero attached hydrogens (tertiary/aromatic N) is 2. The Morgan fingerprint density at radius 1 is 0.844 bits per heavy atom. The average molecular weight is 429 g/mol. The minimum absolute atomic E-state index is 0.569. The summed E-state index contributed by atoms with van der Waals surface area (Å²) in [6, 6.07) is 24.8. The predicted molar refractivity (Wildman–Crippen MR) is 133 cm³/mol. The van der Waals surface area contributed by atoms with Gasteiger partial charge in [-0.05, 0) is 80.3 Å². The van der Waals surface area contributed by atoms with Gasteiger partial charge in [-0.15, -0.1) is 0 Å².